The van der Waals surface area contributed by atoms with Crippen molar-refractivity contribution < 1.29 is 9.59 Å². The van der Waals surface area contributed by atoms with Crippen LogP contribution >= 0.6 is 0 Å². The molecule has 0 saturated heterocycles. The molecule has 0 aliphatic carbocycles. The van der Waals surface area contributed by atoms with E-state index in [0.717, 1.165) is 70.3 Å². The molecular formula is C32H36N6O2. The van der Waals surface area contributed by atoms with Gasteiger partial charge < -0.3 is 20.5 Å². The van der Waals surface area contributed by atoms with Crippen LogP contribution in [0.25, 0.3) is 28.6 Å². The quantitative estimate of drug-likeness (QED) is 0.251. The minimum absolute atomic E-state index is 0.106. The van der Waals surface area contributed by atoms with E-state index in [9.17, 15) is 9.59 Å². The molecule has 0 radical (unpaired) electrons. The molecule has 0 saturated carbocycles. The highest BCUT2D eigenvalue weighted by Crippen LogP contribution is 2.37. The van der Waals surface area contributed by atoms with E-state index in [0.29, 0.717) is 17.7 Å². The molecule has 3 N–H and O–H groups in total. The number of amides is 2. The Bertz CT molecular complexity index is 1610. The van der Waals surface area contributed by atoms with Crippen LogP contribution in [0.5, 0.6) is 0 Å². The molecule has 0 bridgehead atoms. The van der Waals surface area contributed by atoms with Crippen LogP contribution in [0.2, 0.25) is 0 Å². The van der Waals surface area contributed by atoms with Gasteiger partial charge in [0.15, 0.2) is 0 Å². The molecule has 206 valence electrons. The average Bonchev–Trinajstić information content (AvgIpc) is 3.62. The summed E-state index contributed by atoms with van der Waals surface area (Å²) in [6.45, 7) is 13.4. The molecule has 8 heteroatoms. The Morgan fingerprint density at radius 1 is 1.07 bits per heavy atom. The number of carbonyl (C=O) groups excluding carboxylic acids is 2. The van der Waals surface area contributed by atoms with Crippen molar-refractivity contribution in [1.82, 2.24) is 25.0 Å². The van der Waals surface area contributed by atoms with Crippen molar-refractivity contribution in [1.29, 1.82) is 0 Å². The van der Waals surface area contributed by atoms with E-state index in [1.165, 1.54) is 0 Å². The van der Waals surface area contributed by atoms with Crippen LogP contribution in [-0.2, 0) is 4.79 Å². The third kappa shape index (κ3) is 5.22. The van der Waals surface area contributed by atoms with Gasteiger partial charge in [0.2, 0.25) is 0 Å². The zero-order chi connectivity index (χ0) is 28.4. The first-order valence-electron chi connectivity index (χ1n) is 13.8. The standard InChI is InChI=1S/C32H36N6O2/c1-6-37(7-2)16-15-33-32(40)30-21(4)28(35-22(30)5)19-26-25-18-23(11-12-27(25)36-31(26)39)29-13-14-34-38(29)24-10-8-9-20(3)17-24/h8-14,17-19,35H,6-7,15-16H2,1-5H3,(H,33,40)(H,36,39). The van der Waals surface area contributed by atoms with Gasteiger partial charge in [0, 0.05) is 41.3 Å². The lowest BCUT2D eigenvalue weighted by atomic mass is 10.0. The fraction of sp³-hybridized carbons (Fsp3) is 0.281. The Labute approximate surface area is 235 Å². The summed E-state index contributed by atoms with van der Waals surface area (Å²) in [7, 11) is 0. The number of rotatable bonds is 9. The first-order valence-corrected chi connectivity index (χ1v) is 13.8. The lowest BCUT2D eigenvalue weighted by Crippen LogP contribution is -2.35. The van der Waals surface area contributed by atoms with Gasteiger partial charge in [0.1, 0.15) is 0 Å². The van der Waals surface area contributed by atoms with Gasteiger partial charge >= 0.3 is 0 Å². The van der Waals surface area contributed by atoms with Gasteiger partial charge in [0.05, 0.1) is 28.7 Å². The second-order valence-electron chi connectivity index (χ2n) is 10.2. The molecule has 0 fully saturated rings. The summed E-state index contributed by atoms with van der Waals surface area (Å²) in [5.74, 6) is -0.276. The van der Waals surface area contributed by atoms with Crippen molar-refractivity contribution in [3.8, 4) is 16.9 Å². The number of aryl methyl sites for hydroxylation is 2. The van der Waals surface area contributed by atoms with Crippen molar-refractivity contribution in [3.63, 3.8) is 0 Å². The number of nitrogens with zero attached hydrogens (tertiary/aromatic N) is 3. The van der Waals surface area contributed by atoms with E-state index in [2.05, 4.69) is 58.5 Å². The van der Waals surface area contributed by atoms with E-state index in [4.69, 9.17) is 0 Å². The predicted octanol–water partition coefficient (Wildman–Crippen LogP) is 5.36. The van der Waals surface area contributed by atoms with Gasteiger partial charge in [-0.1, -0.05) is 32.0 Å². The third-order valence-electron chi connectivity index (χ3n) is 7.59. The zero-order valence-electron chi connectivity index (χ0n) is 23.8. The van der Waals surface area contributed by atoms with Gasteiger partial charge in [-0.2, -0.15) is 5.10 Å². The molecule has 5 rings (SSSR count). The second-order valence-corrected chi connectivity index (χ2v) is 10.2. The van der Waals surface area contributed by atoms with E-state index < -0.39 is 0 Å². The van der Waals surface area contributed by atoms with Crippen LogP contribution < -0.4 is 10.6 Å². The maximum atomic E-state index is 13.1. The minimum atomic E-state index is -0.170. The SMILES string of the molecule is CCN(CC)CCNC(=O)c1c(C)[nH]c(C=C2C(=O)Nc3ccc(-c4ccnn4-c4cccc(C)c4)cc32)c1C. The van der Waals surface area contributed by atoms with E-state index in [-0.39, 0.29) is 11.8 Å². The van der Waals surface area contributed by atoms with Crippen molar-refractivity contribution in [2.24, 2.45) is 0 Å². The number of H-pyrrole nitrogens is 1. The molecule has 1 aliphatic rings. The summed E-state index contributed by atoms with van der Waals surface area (Å²) in [5.41, 5.74) is 9.12. The van der Waals surface area contributed by atoms with Crippen molar-refractivity contribution in [3.05, 3.63) is 88.4 Å². The molecule has 2 aromatic heterocycles. The molecule has 0 spiro atoms. The van der Waals surface area contributed by atoms with E-state index >= 15 is 0 Å². The van der Waals surface area contributed by atoms with Crippen molar-refractivity contribution in [2.45, 2.75) is 34.6 Å². The maximum Gasteiger partial charge on any atom is 0.256 e. The lowest BCUT2D eigenvalue weighted by Gasteiger charge is -2.18. The van der Waals surface area contributed by atoms with Crippen LogP contribution in [-0.4, -0.2) is 57.7 Å². The van der Waals surface area contributed by atoms with Crippen molar-refractivity contribution >= 4 is 29.2 Å². The third-order valence-corrected chi connectivity index (χ3v) is 7.59. The highest BCUT2D eigenvalue weighted by molar-refractivity contribution is 6.35. The number of carbonyl (C=O) groups is 2. The largest absolute Gasteiger partial charge is 0.358 e. The number of likely N-dealkylation sites (N-methyl/N-ethyl adjacent to an activating group) is 1. The van der Waals surface area contributed by atoms with Gasteiger partial charge in [-0.25, -0.2) is 4.68 Å². The summed E-state index contributed by atoms with van der Waals surface area (Å²) in [6.07, 6.45) is 3.63. The normalized spacial score (nSPS) is 13.7. The first-order chi connectivity index (χ1) is 19.3. The fourth-order valence-corrected chi connectivity index (χ4v) is 5.34. The minimum Gasteiger partial charge on any atom is -0.358 e. The molecule has 0 atom stereocenters. The number of fused-ring (bicyclic) bond motifs is 1. The summed E-state index contributed by atoms with van der Waals surface area (Å²) in [4.78, 5) is 31.7. The van der Waals surface area contributed by atoms with Crippen LogP contribution in [0.15, 0.2) is 54.7 Å². The molecule has 0 unspecified atom stereocenters. The molecule has 1 aliphatic heterocycles. The van der Waals surface area contributed by atoms with Crippen LogP contribution in [0.3, 0.4) is 0 Å². The summed E-state index contributed by atoms with van der Waals surface area (Å²) in [5, 5.41) is 10.6. The topological polar surface area (TPSA) is 95.1 Å². The second kappa shape index (κ2) is 11.4. The number of hydrogen-bond acceptors (Lipinski definition) is 4. The van der Waals surface area contributed by atoms with Gasteiger partial charge in [-0.15, -0.1) is 0 Å². The van der Waals surface area contributed by atoms with Gasteiger partial charge in [0.25, 0.3) is 11.8 Å². The fourth-order valence-electron chi connectivity index (χ4n) is 5.34. The Hall–Kier alpha value is -4.43. The van der Waals surface area contributed by atoms with Crippen LogP contribution in [0.1, 0.15) is 52.3 Å². The number of aromatic amines is 1. The van der Waals surface area contributed by atoms with Crippen LogP contribution in [0, 0.1) is 20.8 Å². The summed E-state index contributed by atoms with van der Waals surface area (Å²) < 4.78 is 1.91. The van der Waals surface area contributed by atoms with E-state index in [1.807, 2.05) is 61.0 Å². The molecular weight excluding hydrogens is 500 g/mol. The zero-order valence-corrected chi connectivity index (χ0v) is 23.8. The maximum absolute atomic E-state index is 13.1. The summed E-state index contributed by atoms with van der Waals surface area (Å²) in [6, 6.07) is 16.1. The molecule has 40 heavy (non-hydrogen) atoms. The molecule has 2 amide bonds. The van der Waals surface area contributed by atoms with E-state index in [1.54, 1.807) is 6.20 Å². The number of aromatic nitrogens is 3. The average molecular weight is 537 g/mol. The monoisotopic (exact) mass is 536 g/mol. The highest BCUT2D eigenvalue weighted by atomic mass is 16.2. The van der Waals surface area contributed by atoms with Gasteiger partial charge in [-0.3, -0.25) is 9.59 Å². The van der Waals surface area contributed by atoms with Crippen LogP contribution in [0.4, 0.5) is 5.69 Å². The number of hydrogen-bond donors (Lipinski definition) is 3. The number of anilines is 1. The Kier molecular flexibility index (Phi) is 7.71. The Balaban J connectivity index is 1.45. The lowest BCUT2D eigenvalue weighted by molar-refractivity contribution is -0.110. The van der Waals surface area contributed by atoms with Gasteiger partial charge in [-0.05, 0) is 81.4 Å². The molecule has 8 nitrogen and oxygen atoms in total. The predicted molar refractivity (Wildman–Crippen MR) is 161 cm³/mol. The summed E-state index contributed by atoms with van der Waals surface area (Å²) >= 11 is 0. The smallest absolute Gasteiger partial charge is 0.256 e. The highest BCUT2D eigenvalue weighted by Gasteiger charge is 2.26. The van der Waals surface area contributed by atoms with Crippen molar-refractivity contribution in [2.75, 3.05) is 31.5 Å². The Morgan fingerprint density at radius 3 is 2.62 bits per heavy atom. The number of benzene rings is 2. The molecule has 4 aromatic rings. The Morgan fingerprint density at radius 2 is 1.88 bits per heavy atom. The first kappa shape index (κ1) is 27.1. The number of nitrogens with one attached hydrogen (secondary N) is 3. The molecule has 3 heterocycles. The molecule has 2 aromatic carbocycles.